The minimum Gasteiger partial charge on any atom is -0.465 e. The fourth-order valence-electron chi connectivity index (χ4n) is 2.11. The van der Waals surface area contributed by atoms with Crippen molar-refractivity contribution in [2.75, 3.05) is 7.11 Å². The Labute approximate surface area is 123 Å². The molecule has 0 atom stereocenters. The summed E-state index contributed by atoms with van der Waals surface area (Å²) in [5, 5.41) is 0.347. The number of esters is 1. The van der Waals surface area contributed by atoms with Gasteiger partial charge >= 0.3 is 11.7 Å². The number of methoxy groups -OCH3 is 1. The van der Waals surface area contributed by atoms with Crippen molar-refractivity contribution in [2.24, 2.45) is 0 Å². The molecule has 1 N–H and O–H groups in total. The van der Waals surface area contributed by atoms with E-state index in [1.807, 2.05) is 0 Å². The lowest BCUT2D eigenvalue weighted by Crippen LogP contribution is -2.14. The largest absolute Gasteiger partial charge is 0.465 e. The van der Waals surface area contributed by atoms with Crippen molar-refractivity contribution in [1.82, 2.24) is 14.5 Å². The van der Waals surface area contributed by atoms with Gasteiger partial charge in [0, 0.05) is 0 Å². The Hall–Kier alpha value is -2.60. The number of ether oxygens (including phenoxy) is 1. The van der Waals surface area contributed by atoms with Crippen LogP contribution in [0, 0.1) is 0 Å². The summed E-state index contributed by atoms with van der Waals surface area (Å²) in [6.45, 7) is 0. The molecule has 0 aliphatic carbocycles. The quantitative estimate of drug-likeness (QED) is 0.581. The lowest BCUT2D eigenvalue weighted by molar-refractivity contribution is 0.0601. The molecule has 2 heterocycles. The third-order valence-electron chi connectivity index (χ3n) is 3.07. The third-order valence-corrected chi connectivity index (χ3v) is 3.30. The zero-order chi connectivity index (χ0) is 15.0. The van der Waals surface area contributed by atoms with Gasteiger partial charge in [0.15, 0.2) is 0 Å². The van der Waals surface area contributed by atoms with Gasteiger partial charge in [0.25, 0.3) is 0 Å². The number of nitrogens with one attached hydrogen (secondary N) is 1. The molecule has 0 saturated carbocycles. The van der Waals surface area contributed by atoms with Crippen LogP contribution in [-0.2, 0) is 4.74 Å². The maximum Gasteiger partial charge on any atom is 0.337 e. The Balaban J connectivity index is 2.20. The molecule has 0 unspecified atom stereocenters. The normalized spacial score (nSPS) is 10.8. The highest BCUT2D eigenvalue weighted by Crippen LogP contribution is 2.18. The number of hydrogen-bond donors (Lipinski definition) is 1. The van der Waals surface area contributed by atoms with Crippen LogP contribution in [0.1, 0.15) is 10.4 Å². The van der Waals surface area contributed by atoms with Crippen molar-refractivity contribution >= 4 is 28.6 Å². The van der Waals surface area contributed by atoms with Crippen molar-refractivity contribution in [3.05, 3.63) is 57.7 Å². The highest BCUT2D eigenvalue weighted by molar-refractivity contribution is 6.29. The Bertz CT molecular complexity index is 881. The Kier molecular flexibility index (Phi) is 3.23. The van der Waals surface area contributed by atoms with Gasteiger partial charge in [-0.3, -0.25) is 4.57 Å². The molecule has 0 aliphatic rings. The Morgan fingerprint density at radius 1 is 1.33 bits per heavy atom. The van der Waals surface area contributed by atoms with Gasteiger partial charge in [-0.1, -0.05) is 11.6 Å². The molecule has 0 fully saturated rings. The van der Waals surface area contributed by atoms with Gasteiger partial charge in [0.2, 0.25) is 0 Å². The van der Waals surface area contributed by atoms with Crippen LogP contribution in [0.2, 0.25) is 5.15 Å². The van der Waals surface area contributed by atoms with Crippen molar-refractivity contribution in [3.63, 3.8) is 0 Å². The van der Waals surface area contributed by atoms with E-state index in [9.17, 15) is 9.59 Å². The summed E-state index contributed by atoms with van der Waals surface area (Å²) in [6, 6.07) is 8.14. The van der Waals surface area contributed by atoms with Crippen molar-refractivity contribution in [2.45, 2.75) is 0 Å². The summed E-state index contributed by atoms with van der Waals surface area (Å²) in [5.74, 6) is -0.460. The molecule has 7 heteroatoms. The number of hydrogen-bond acceptors (Lipinski definition) is 4. The maximum atomic E-state index is 12.1. The number of pyridine rings is 1. The van der Waals surface area contributed by atoms with Crippen LogP contribution in [-0.4, -0.2) is 27.6 Å². The standard InChI is InChI=1S/C14H10ClN3O3/c1-21-13(19)8-2-4-11-10(6-8)17-14(20)18(11)9-3-5-12(15)16-7-9/h2-7H,1H3,(H,17,20). The van der Waals surface area contributed by atoms with Gasteiger partial charge in [0.1, 0.15) is 5.15 Å². The fourth-order valence-corrected chi connectivity index (χ4v) is 2.22. The van der Waals surface area contributed by atoms with Gasteiger partial charge in [-0.15, -0.1) is 0 Å². The van der Waals surface area contributed by atoms with E-state index in [1.165, 1.54) is 17.9 Å². The third kappa shape index (κ3) is 2.30. The van der Waals surface area contributed by atoms with Gasteiger partial charge in [0.05, 0.1) is 35.6 Å². The number of aromatic nitrogens is 3. The molecule has 0 spiro atoms. The molecule has 21 heavy (non-hydrogen) atoms. The van der Waals surface area contributed by atoms with Gasteiger partial charge in [-0.2, -0.15) is 0 Å². The van der Waals surface area contributed by atoms with Gasteiger partial charge in [-0.05, 0) is 30.3 Å². The molecule has 0 amide bonds. The number of aromatic amines is 1. The molecule has 3 rings (SSSR count). The lowest BCUT2D eigenvalue weighted by Gasteiger charge is -2.03. The average Bonchev–Trinajstić information content (AvgIpc) is 2.82. The number of rotatable bonds is 2. The minimum atomic E-state index is -0.460. The molecular weight excluding hydrogens is 294 g/mol. The molecule has 106 valence electrons. The second kappa shape index (κ2) is 5.06. The number of nitrogens with zero attached hydrogens (tertiary/aromatic N) is 2. The number of halogens is 1. The number of carbonyl (C=O) groups excluding carboxylic acids is 1. The zero-order valence-electron chi connectivity index (χ0n) is 11.0. The van der Waals surface area contributed by atoms with E-state index in [4.69, 9.17) is 11.6 Å². The van der Waals surface area contributed by atoms with Crippen molar-refractivity contribution < 1.29 is 9.53 Å². The maximum absolute atomic E-state index is 12.1. The highest BCUT2D eigenvalue weighted by atomic mass is 35.5. The van der Waals surface area contributed by atoms with E-state index < -0.39 is 5.97 Å². The Morgan fingerprint density at radius 2 is 2.14 bits per heavy atom. The zero-order valence-corrected chi connectivity index (χ0v) is 11.7. The first-order valence-corrected chi connectivity index (χ1v) is 6.43. The summed E-state index contributed by atoms with van der Waals surface area (Å²) in [7, 11) is 1.31. The second-order valence-corrected chi connectivity index (χ2v) is 4.72. The van der Waals surface area contributed by atoms with Gasteiger partial charge in [-0.25, -0.2) is 14.6 Å². The van der Waals surface area contributed by atoms with E-state index in [-0.39, 0.29) is 5.69 Å². The number of H-pyrrole nitrogens is 1. The smallest absolute Gasteiger partial charge is 0.337 e. The number of imidazole rings is 1. The van der Waals surface area contributed by atoms with Gasteiger partial charge < -0.3 is 9.72 Å². The van der Waals surface area contributed by atoms with E-state index in [1.54, 1.807) is 30.3 Å². The first kappa shape index (κ1) is 13.4. The summed E-state index contributed by atoms with van der Waals surface area (Å²) in [4.78, 5) is 30.3. The van der Waals surface area contributed by atoms with Crippen molar-refractivity contribution in [1.29, 1.82) is 0 Å². The molecule has 6 nitrogen and oxygen atoms in total. The number of fused-ring (bicyclic) bond motifs is 1. The minimum absolute atomic E-state index is 0.323. The summed E-state index contributed by atoms with van der Waals surface area (Å²) >= 11 is 5.74. The van der Waals surface area contributed by atoms with Crippen LogP contribution in [0.4, 0.5) is 0 Å². The lowest BCUT2D eigenvalue weighted by atomic mass is 10.2. The van der Waals surface area contributed by atoms with Crippen LogP contribution < -0.4 is 5.69 Å². The molecular formula is C14H10ClN3O3. The number of carbonyl (C=O) groups is 1. The molecule has 0 aliphatic heterocycles. The molecule has 2 aromatic heterocycles. The first-order valence-electron chi connectivity index (χ1n) is 6.05. The van der Waals surface area contributed by atoms with Crippen molar-refractivity contribution in [3.8, 4) is 5.69 Å². The average molecular weight is 304 g/mol. The van der Waals surface area contributed by atoms with E-state index in [0.717, 1.165) is 0 Å². The topological polar surface area (TPSA) is 77.0 Å². The molecule has 0 bridgehead atoms. The van der Waals surface area contributed by atoms with Crippen LogP contribution in [0.3, 0.4) is 0 Å². The van der Waals surface area contributed by atoms with E-state index >= 15 is 0 Å². The molecule has 1 aromatic carbocycles. The highest BCUT2D eigenvalue weighted by Gasteiger charge is 2.12. The molecule has 0 saturated heterocycles. The molecule has 0 radical (unpaired) electrons. The van der Waals surface area contributed by atoms with Crippen LogP contribution in [0.25, 0.3) is 16.7 Å². The fraction of sp³-hybridized carbons (Fsp3) is 0.0714. The van der Waals surface area contributed by atoms with Crippen LogP contribution >= 0.6 is 11.6 Å². The number of benzene rings is 1. The molecule has 3 aromatic rings. The summed E-state index contributed by atoms with van der Waals surface area (Å²) in [5.41, 5.74) is 1.81. The van der Waals surface area contributed by atoms with E-state index in [0.29, 0.717) is 27.4 Å². The summed E-state index contributed by atoms with van der Waals surface area (Å²) < 4.78 is 6.12. The second-order valence-electron chi connectivity index (χ2n) is 4.33. The summed E-state index contributed by atoms with van der Waals surface area (Å²) in [6.07, 6.45) is 1.51. The van der Waals surface area contributed by atoms with Crippen LogP contribution in [0.5, 0.6) is 0 Å². The monoisotopic (exact) mass is 303 g/mol. The first-order chi connectivity index (χ1) is 10.1. The van der Waals surface area contributed by atoms with E-state index in [2.05, 4.69) is 14.7 Å². The predicted octanol–water partition coefficient (Wildman–Crippen LogP) is 2.15. The van der Waals surface area contributed by atoms with Crippen LogP contribution in [0.15, 0.2) is 41.3 Å². The predicted molar refractivity (Wildman–Crippen MR) is 78.0 cm³/mol. The Morgan fingerprint density at radius 3 is 2.81 bits per heavy atom. The SMILES string of the molecule is COC(=O)c1ccc2c(c1)[nH]c(=O)n2-c1ccc(Cl)nc1.